The Kier molecular flexibility index (Phi) is 5.40. The van der Waals surface area contributed by atoms with Crippen LogP contribution >= 0.6 is 0 Å². The van der Waals surface area contributed by atoms with Gasteiger partial charge in [0.05, 0.1) is 0 Å². The highest BCUT2D eigenvalue weighted by molar-refractivity contribution is 5.91. The van der Waals surface area contributed by atoms with Gasteiger partial charge >= 0.3 is 0 Å². The van der Waals surface area contributed by atoms with Gasteiger partial charge in [-0.3, -0.25) is 14.8 Å². The van der Waals surface area contributed by atoms with Crippen LogP contribution in [0.2, 0.25) is 0 Å². The number of amides is 1. The first-order valence-electron chi connectivity index (χ1n) is 11.4. The van der Waals surface area contributed by atoms with Gasteiger partial charge in [0.2, 0.25) is 11.8 Å². The molecule has 164 valence electrons. The van der Waals surface area contributed by atoms with E-state index in [0.29, 0.717) is 23.9 Å². The lowest BCUT2D eigenvalue weighted by Gasteiger charge is -2.54. The number of carbonyl (C=O) groups excluding carboxylic acids is 1. The van der Waals surface area contributed by atoms with Crippen molar-refractivity contribution in [2.24, 2.45) is 0 Å². The van der Waals surface area contributed by atoms with E-state index in [4.69, 9.17) is 0 Å². The molecule has 5 heterocycles. The molecule has 1 amide bonds. The number of aromatic nitrogens is 4. The van der Waals surface area contributed by atoms with E-state index in [1.54, 1.807) is 0 Å². The average molecular weight is 422 g/mol. The number of unbranched alkanes of at least 4 members (excludes halogenated alkanes) is 1. The molecular weight excluding hydrogens is 390 g/mol. The van der Waals surface area contributed by atoms with E-state index in [2.05, 4.69) is 73.6 Å². The van der Waals surface area contributed by atoms with E-state index in [1.807, 2.05) is 6.07 Å². The predicted molar refractivity (Wildman–Crippen MR) is 121 cm³/mol. The smallest absolute Gasteiger partial charge is 0.288 e. The molecule has 31 heavy (non-hydrogen) atoms. The molecule has 3 aliphatic rings. The Hall–Kier alpha value is -2.87. The van der Waals surface area contributed by atoms with Gasteiger partial charge in [-0.05, 0) is 37.9 Å². The highest BCUT2D eigenvalue weighted by Gasteiger charge is 2.43. The molecule has 8 heteroatoms. The second kappa shape index (κ2) is 8.34. The summed E-state index contributed by atoms with van der Waals surface area (Å²) in [7, 11) is 2.18. The monoisotopic (exact) mass is 421 g/mol. The number of nitrogens with one attached hydrogen (secondary N) is 3. The Balaban J connectivity index is 1.26. The van der Waals surface area contributed by atoms with Gasteiger partial charge in [-0.2, -0.15) is 4.98 Å². The van der Waals surface area contributed by atoms with Crippen molar-refractivity contribution in [2.75, 3.05) is 25.0 Å². The average Bonchev–Trinajstić information content (AvgIpc) is 3.45. The van der Waals surface area contributed by atoms with Crippen LogP contribution in [-0.2, 0) is 6.42 Å². The van der Waals surface area contributed by atoms with Gasteiger partial charge in [0.1, 0.15) is 0 Å². The van der Waals surface area contributed by atoms with Crippen molar-refractivity contribution in [2.45, 2.75) is 57.2 Å². The zero-order valence-electron chi connectivity index (χ0n) is 18.3. The quantitative estimate of drug-likeness (QED) is 0.520. The summed E-state index contributed by atoms with van der Waals surface area (Å²) in [5.41, 5.74) is 2.36. The summed E-state index contributed by atoms with van der Waals surface area (Å²) in [6, 6.07) is 9.49. The summed E-state index contributed by atoms with van der Waals surface area (Å²) >= 11 is 0. The van der Waals surface area contributed by atoms with Crippen molar-refractivity contribution in [1.29, 1.82) is 0 Å². The molecule has 3 aliphatic heterocycles. The lowest BCUT2D eigenvalue weighted by molar-refractivity contribution is 0.0258. The zero-order chi connectivity index (χ0) is 21.4. The third kappa shape index (κ3) is 3.92. The van der Waals surface area contributed by atoms with Crippen LogP contribution in [-0.4, -0.2) is 69.2 Å². The number of anilines is 1. The number of hydrogen-bond donors (Lipinski definition) is 3. The molecule has 6 rings (SSSR count). The lowest BCUT2D eigenvalue weighted by atomic mass is 9.89. The topological polar surface area (TPSA) is 92.9 Å². The summed E-state index contributed by atoms with van der Waals surface area (Å²) in [5.74, 6) is 0.747. The molecule has 0 spiro atoms. The van der Waals surface area contributed by atoms with Crippen LogP contribution in [0.1, 0.15) is 48.8 Å². The molecule has 3 aromatic rings. The molecule has 3 N–H and O–H groups in total. The van der Waals surface area contributed by atoms with Crippen LogP contribution in [0.15, 0.2) is 30.5 Å². The van der Waals surface area contributed by atoms with Crippen LogP contribution in [0.3, 0.4) is 0 Å². The Morgan fingerprint density at radius 3 is 2.87 bits per heavy atom. The van der Waals surface area contributed by atoms with Crippen molar-refractivity contribution >= 4 is 22.8 Å². The van der Waals surface area contributed by atoms with Gasteiger partial charge in [-0.15, -0.1) is 5.10 Å². The Morgan fingerprint density at radius 2 is 2.10 bits per heavy atom. The molecule has 3 saturated heterocycles. The van der Waals surface area contributed by atoms with Crippen molar-refractivity contribution < 1.29 is 4.79 Å². The van der Waals surface area contributed by atoms with E-state index in [9.17, 15) is 4.79 Å². The Morgan fingerprint density at radius 1 is 1.29 bits per heavy atom. The number of para-hydroxylation sites is 1. The molecule has 2 bridgehead atoms. The minimum Gasteiger partial charge on any atom is -0.361 e. The summed E-state index contributed by atoms with van der Waals surface area (Å²) in [4.78, 5) is 25.4. The number of piperazine rings is 1. The van der Waals surface area contributed by atoms with Crippen molar-refractivity contribution in [3.63, 3.8) is 0 Å². The fraction of sp³-hybridized carbons (Fsp3) is 0.522. The first kappa shape index (κ1) is 20.1. The molecule has 0 aliphatic carbocycles. The molecular formula is C23H31N7O. The molecule has 3 fully saturated rings. The molecule has 0 saturated carbocycles. The second-order valence-electron chi connectivity index (χ2n) is 8.97. The number of benzene rings is 1. The number of H-pyrrole nitrogens is 2. The minimum atomic E-state index is -0.181. The minimum absolute atomic E-state index is 0.0523. The van der Waals surface area contributed by atoms with Gasteiger partial charge in [0, 0.05) is 48.3 Å². The molecule has 3 unspecified atom stereocenters. The van der Waals surface area contributed by atoms with Crippen molar-refractivity contribution in [3.8, 4) is 0 Å². The molecule has 8 nitrogen and oxygen atoms in total. The molecule has 1 aromatic carbocycles. The van der Waals surface area contributed by atoms with E-state index in [1.165, 1.54) is 17.4 Å². The normalized spacial score (nSPS) is 21.8. The summed E-state index contributed by atoms with van der Waals surface area (Å²) in [6.07, 6.45) is 7.19. The van der Waals surface area contributed by atoms with E-state index in [0.717, 1.165) is 44.3 Å². The van der Waals surface area contributed by atoms with E-state index >= 15 is 0 Å². The summed E-state index contributed by atoms with van der Waals surface area (Å²) in [6.45, 7) is 4.02. The largest absolute Gasteiger partial charge is 0.361 e. The van der Waals surface area contributed by atoms with E-state index in [-0.39, 0.29) is 11.9 Å². The maximum absolute atomic E-state index is 13.0. The van der Waals surface area contributed by atoms with E-state index < -0.39 is 0 Å². The van der Waals surface area contributed by atoms with Crippen LogP contribution in [0.4, 0.5) is 5.95 Å². The Bertz CT molecular complexity index is 1050. The van der Waals surface area contributed by atoms with Crippen LogP contribution in [0, 0.1) is 0 Å². The van der Waals surface area contributed by atoms with Gasteiger partial charge in [-0.25, -0.2) is 0 Å². The second-order valence-corrected chi connectivity index (χ2v) is 8.97. The SMILES string of the molecule is CCCCC(Cc1c[nH]c2ccccc12)NC(=O)c1nc(N2CC3CC(C2)N3C)n[nH]1. The molecule has 0 radical (unpaired) electrons. The number of hydrogen-bond acceptors (Lipinski definition) is 5. The van der Waals surface area contributed by atoms with Crippen LogP contribution < -0.4 is 10.2 Å². The summed E-state index contributed by atoms with van der Waals surface area (Å²) in [5, 5.41) is 11.6. The number of carbonyl (C=O) groups is 1. The molecule has 2 aromatic heterocycles. The van der Waals surface area contributed by atoms with Gasteiger partial charge in [0.25, 0.3) is 5.91 Å². The zero-order valence-corrected chi connectivity index (χ0v) is 18.3. The van der Waals surface area contributed by atoms with Crippen LogP contribution in [0.25, 0.3) is 10.9 Å². The summed E-state index contributed by atoms with van der Waals surface area (Å²) < 4.78 is 0. The Labute approximate surface area is 182 Å². The number of nitrogens with zero attached hydrogens (tertiary/aromatic N) is 4. The highest BCUT2D eigenvalue weighted by Crippen LogP contribution is 2.31. The number of rotatable bonds is 8. The maximum Gasteiger partial charge on any atom is 0.288 e. The third-order valence-corrected chi connectivity index (χ3v) is 6.91. The van der Waals surface area contributed by atoms with Gasteiger partial charge in [0.15, 0.2) is 0 Å². The highest BCUT2D eigenvalue weighted by atomic mass is 16.2. The van der Waals surface area contributed by atoms with Crippen LogP contribution in [0.5, 0.6) is 0 Å². The fourth-order valence-electron chi connectivity index (χ4n) is 4.95. The number of likely N-dealkylation sites (N-methyl/N-ethyl adjacent to an activating group) is 1. The first-order chi connectivity index (χ1) is 15.1. The number of fused-ring (bicyclic) bond motifs is 3. The third-order valence-electron chi connectivity index (χ3n) is 6.91. The number of aromatic amines is 2. The first-order valence-corrected chi connectivity index (χ1v) is 11.4. The standard InChI is InChI=1S/C23H31N7O/c1-3-4-7-16(10-15-12-24-20-9-6-5-8-19(15)20)25-22(31)21-26-23(28-27-21)30-13-17-11-18(14-30)29(17)2/h5-6,8-9,12,16-18,24H,3-4,7,10-11,13-14H2,1-2H3,(H,25,31)(H,26,27,28). The van der Waals surface area contributed by atoms with Crippen molar-refractivity contribution in [1.82, 2.24) is 30.4 Å². The maximum atomic E-state index is 13.0. The van der Waals surface area contributed by atoms with Gasteiger partial charge in [-0.1, -0.05) is 38.0 Å². The van der Waals surface area contributed by atoms with Gasteiger partial charge < -0.3 is 15.2 Å². The molecule has 3 atom stereocenters. The lowest BCUT2D eigenvalue weighted by Crippen LogP contribution is -2.67. The van der Waals surface area contributed by atoms with Crippen molar-refractivity contribution in [3.05, 3.63) is 41.9 Å². The fourth-order valence-corrected chi connectivity index (χ4v) is 4.95. The predicted octanol–water partition coefficient (Wildman–Crippen LogP) is 2.71. The number of piperidine rings is 1.